The molecule has 2 aliphatic rings. The molecule has 0 aromatic carbocycles. The lowest BCUT2D eigenvalue weighted by molar-refractivity contribution is -0.135. The summed E-state index contributed by atoms with van der Waals surface area (Å²) in [6, 6.07) is 0. The summed E-state index contributed by atoms with van der Waals surface area (Å²) in [5.74, 6) is -1.15. The van der Waals surface area contributed by atoms with Crippen molar-refractivity contribution in [3.05, 3.63) is 11.8 Å². The Hall–Kier alpha value is -1.79. The van der Waals surface area contributed by atoms with E-state index in [2.05, 4.69) is 10.3 Å². The van der Waals surface area contributed by atoms with E-state index < -0.39 is 11.7 Å². The van der Waals surface area contributed by atoms with Gasteiger partial charge in [0.15, 0.2) is 5.71 Å². The van der Waals surface area contributed by atoms with Crippen molar-refractivity contribution in [3.8, 4) is 0 Å². The molecule has 1 fully saturated rings. The van der Waals surface area contributed by atoms with Crippen LogP contribution in [-0.2, 0) is 4.79 Å². The predicted octanol–water partition coefficient (Wildman–Crippen LogP) is 1.05. The third kappa shape index (κ3) is 2.04. The van der Waals surface area contributed by atoms with Gasteiger partial charge in [-0.1, -0.05) is 15.8 Å². The maximum Gasteiger partial charge on any atom is 0.261 e. The van der Waals surface area contributed by atoms with Gasteiger partial charge in [-0.15, -0.1) is 5.10 Å². The Kier molecular flexibility index (Phi) is 3.16. The maximum atomic E-state index is 13.2. The molecule has 7 heteroatoms. The molecule has 5 nitrogen and oxygen atoms in total. The van der Waals surface area contributed by atoms with Crippen LogP contribution in [0.3, 0.4) is 0 Å². The molecule has 17 heavy (non-hydrogen) atoms. The summed E-state index contributed by atoms with van der Waals surface area (Å²) in [4.78, 5) is 13.3. The topological polar surface area (TPSA) is 48.3 Å². The van der Waals surface area contributed by atoms with Gasteiger partial charge in [-0.05, 0) is 13.3 Å². The number of hydrazone groups is 1. The molecule has 0 unspecified atom stereocenters. The van der Waals surface area contributed by atoms with Gasteiger partial charge in [0.2, 0.25) is 5.91 Å². The van der Waals surface area contributed by atoms with Gasteiger partial charge in [0.1, 0.15) is 6.54 Å². The van der Waals surface area contributed by atoms with Crippen molar-refractivity contribution < 1.29 is 13.7 Å². The summed E-state index contributed by atoms with van der Waals surface area (Å²) in [7, 11) is 0. The standard InChI is InChI=1S/C10H12F2N4O/c1-2-7-9(13-12)10(11)14-16(7)6-8(17)15-4-3-5-15/h2H,3-6H2,1H3/b7-2+,13-9+. The van der Waals surface area contributed by atoms with Gasteiger partial charge in [-0.3, -0.25) is 9.80 Å². The van der Waals surface area contributed by atoms with Gasteiger partial charge in [0.25, 0.3) is 5.97 Å². The van der Waals surface area contributed by atoms with E-state index in [0.29, 0.717) is 13.1 Å². The first-order valence-electron chi connectivity index (χ1n) is 5.32. The molecule has 0 bridgehead atoms. The number of rotatable bonds is 2. The van der Waals surface area contributed by atoms with Crippen molar-refractivity contribution in [1.29, 1.82) is 0 Å². The minimum atomic E-state index is -1.00. The second kappa shape index (κ2) is 4.60. The van der Waals surface area contributed by atoms with Crippen molar-refractivity contribution in [2.75, 3.05) is 19.6 Å². The minimum Gasteiger partial charge on any atom is -0.341 e. The number of hydrogen-bond acceptors (Lipinski definition) is 4. The second-order valence-corrected chi connectivity index (χ2v) is 3.79. The summed E-state index contributed by atoms with van der Waals surface area (Å²) in [6.45, 7) is 2.95. The third-order valence-corrected chi connectivity index (χ3v) is 2.78. The average molecular weight is 242 g/mol. The van der Waals surface area contributed by atoms with Gasteiger partial charge in [0.05, 0.1) is 5.70 Å². The van der Waals surface area contributed by atoms with Crippen LogP contribution >= 0.6 is 0 Å². The zero-order valence-electron chi connectivity index (χ0n) is 9.36. The highest BCUT2D eigenvalue weighted by atomic mass is 19.2. The van der Waals surface area contributed by atoms with Crippen LogP contribution in [0.1, 0.15) is 13.3 Å². The number of hydrogen-bond donors (Lipinski definition) is 0. The first-order chi connectivity index (χ1) is 8.17. The molecule has 0 N–H and O–H groups in total. The van der Waals surface area contributed by atoms with Crippen LogP contribution in [0.25, 0.3) is 0 Å². The van der Waals surface area contributed by atoms with Gasteiger partial charge in [-0.25, -0.2) is 0 Å². The van der Waals surface area contributed by atoms with E-state index in [1.165, 1.54) is 6.08 Å². The summed E-state index contributed by atoms with van der Waals surface area (Å²) >= 11 is 0. The van der Waals surface area contributed by atoms with Crippen molar-refractivity contribution in [2.45, 2.75) is 13.3 Å². The molecule has 92 valence electrons. The van der Waals surface area contributed by atoms with E-state index in [4.69, 9.17) is 0 Å². The summed E-state index contributed by atoms with van der Waals surface area (Å²) in [5, 5.41) is 6.94. The van der Waals surface area contributed by atoms with E-state index in [0.717, 1.165) is 11.4 Å². The fraction of sp³-hybridized carbons (Fsp3) is 0.500. The van der Waals surface area contributed by atoms with Gasteiger partial charge in [-0.2, -0.15) is 4.39 Å². The van der Waals surface area contributed by atoms with Crippen molar-refractivity contribution in [1.82, 2.24) is 9.91 Å². The largest absolute Gasteiger partial charge is 0.341 e. The average Bonchev–Trinajstić information content (AvgIpc) is 2.50. The van der Waals surface area contributed by atoms with Crippen LogP contribution in [0.2, 0.25) is 0 Å². The lowest BCUT2D eigenvalue weighted by Crippen LogP contribution is -2.46. The monoisotopic (exact) mass is 242 g/mol. The number of carbonyl (C=O) groups excluding carboxylic acids is 1. The normalized spacial score (nSPS) is 24.3. The molecule has 0 spiro atoms. The lowest BCUT2D eigenvalue weighted by atomic mass is 10.2. The van der Waals surface area contributed by atoms with Crippen molar-refractivity contribution in [2.24, 2.45) is 10.3 Å². The lowest BCUT2D eigenvalue weighted by Gasteiger charge is -2.32. The molecule has 1 saturated heterocycles. The molecule has 0 aromatic rings. The molecule has 0 radical (unpaired) electrons. The van der Waals surface area contributed by atoms with Crippen molar-refractivity contribution in [3.63, 3.8) is 0 Å². The summed E-state index contributed by atoms with van der Waals surface area (Å²) < 4.78 is 25.4. The number of likely N-dealkylation sites (tertiary alicyclic amines) is 1. The smallest absolute Gasteiger partial charge is 0.261 e. The quantitative estimate of drug-likeness (QED) is 0.726. The molecule has 2 aliphatic heterocycles. The molecular formula is C10H12F2N4O. The summed E-state index contributed by atoms with van der Waals surface area (Å²) in [5.41, 5.74) is -0.275. The Balaban J connectivity index is 2.08. The van der Waals surface area contributed by atoms with E-state index in [1.807, 2.05) is 0 Å². The predicted molar refractivity (Wildman–Crippen MR) is 58.7 cm³/mol. The van der Waals surface area contributed by atoms with Crippen LogP contribution in [0, 0.1) is 0 Å². The molecular weight excluding hydrogens is 230 g/mol. The number of amides is 1. The first-order valence-corrected chi connectivity index (χ1v) is 5.32. The number of nitrogens with zero attached hydrogens (tertiary/aromatic N) is 4. The Bertz CT molecular complexity index is 426. The molecule has 0 aromatic heterocycles. The Morgan fingerprint density at radius 2 is 2.29 bits per heavy atom. The maximum absolute atomic E-state index is 13.2. The fourth-order valence-corrected chi connectivity index (χ4v) is 1.71. The molecule has 1 amide bonds. The third-order valence-electron chi connectivity index (χ3n) is 2.78. The molecule has 0 saturated carbocycles. The van der Waals surface area contributed by atoms with E-state index >= 15 is 0 Å². The van der Waals surface area contributed by atoms with Crippen molar-refractivity contribution >= 4 is 17.6 Å². The zero-order chi connectivity index (χ0) is 12.4. The van der Waals surface area contributed by atoms with E-state index in [1.54, 1.807) is 11.8 Å². The van der Waals surface area contributed by atoms with Crippen LogP contribution in [-0.4, -0.2) is 47.1 Å². The fourth-order valence-electron chi connectivity index (χ4n) is 1.71. The zero-order valence-corrected chi connectivity index (χ0v) is 9.36. The van der Waals surface area contributed by atoms with Crippen LogP contribution in [0.5, 0.6) is 0 Å². The van der Waals surface area contributed by atoms with Gasteiger partial charge < -0.3 is 4.90 Å². The van der Waals surface area contributed by atoms with E-state index in [9.17, 15) is 13.7 Å². The molecule has 2 heterocycles. The molecule has 0 atom stereocenters. The highest BCUT2D eigenvalue weighted by molar-refractivity contribution is 6.46. The van der Waals surface area contributed by atoms with Crippen LogP contribution in [0.4, 0.5) is 8.87 Å². The first kappa shape index (κ1) is 11.7. The molecule has 0 aliphatic carbocycles. The highest BCUT2D eigenvalue weighted by Gasteiger charge is 2.31. The minimum absolute atomic E-state index is 0.0912. The van der Waals surface area contributed by atoms with Gasteiger partial charge in [0, 0.05) is 13.1 Å². The van der Waals surface area contributed by atoms with Gasteiger partial charge >= 0.3 is 0 Å². The van der Waals surface area contributed by atoms with Crippen LogP contribution < -0.4 is 0 Å². The Labute approximate surface area is 97.0 Å². The van der Waals surface area contributed by atoms with E-state index in [-0.39, 0.29) is 18.1 Å². The Morgan fingerprint density at radius 1 is 1.59 bits per heavy atom. The number of allylic oxidation sites excluding steroid dienone is 2. The number of carbonyl (C=O) groups is 1. The van der Waals surface area contributed by atoms with Crippen LogP contribution in [0.15, 0.2) is 22.1 Å². The second-order valence-electron chi connectivity index (χ2n) is 3.79. The number of halogens is 2. The SMILES string of the molecule is C/C=C1\C(=N/F)C(F)=NN1CC(=O)N1CCC1. The Morgan fingerprint density at radius 3 is 2.76 bits per heavy atom. The molecule has 2 rings (SSSR count). The summed E-state index contributed by atoms with van der Waals surface area (Å²) in [6.07, 6.45) is 2.45. The highest BCUT2D eigenvalue weighted by Crippen LogP contribution is 2.19.